The Bertz CT molecular complexity index is 1030. The predicted molar refractivity (Wildman–Crippen MR) is 103 cm³/mol. The van der Waals surface area contributed by atoms with Crippen molar-refractivity contribution in [2.24, 2.45) is 0 Å². The molecule has 140 valence electrons. The quantitative estimate of drug-likeness (QED) is 0.723. The molecule has 1 atom stereocenters. The number of carbonyl (C=O) groups is 1. The number of sulfonamides is 1. The number of para-hydroxylation sites is 2. The van der Waals surface area contributed by atoms with Crippen LogP contribution in [-0.2, 0) is 14.8 Å². The monoisotopic (exact) mass is 384 g/mol. The lowest BCUT2D eigenvalue weighted by molar-refractivity contribution is -0.120. The van der Waals surface area contributed by atoms with Crippen molar-refractivity contribution in [2.75, 3.05) is 11.9 Å². The number of rotatable bonds is 4. The Morgan fingerprint density at radius 1 is 1.07 bits per heavy atom. The third kappa shape index (κ3) is 3.45. The van der Waals surface area contributed by atoms with E-state index >= 15 is 0 Å². The molecule has 2 heterocycles. The first-order chi connectivity index (χ1) is 13.1. The minimum atomic E-state index is -3.73. The zero-order chi connectivity index (χ0) is 18.9. The summed E-state index contributed by atoms with van der Waals surface area (Å²) < 4.78 is 27.3. The third-order valence-electron chi connectivity index (χ3n) is 4.74. The number of hydrogen-bond donors (Lipinski definition) is 2. The van der Waals surface area contributed by atoms with E-state index in [0.29, 0.717) is 18.9 Å². The van der Waals surface area contributed by atoms with Crippen molar-refractivity contribution in [3.05, 3.63) is 54.6 Å². The lowest BCUT2D eigenvalue weighted by Crippen LogP contribution is -2.49. The van der Waals surface area contributed by atoms with E-state index in [1.54, 1.807) is 30.3 Å². The molecule has 2 aromatic carbocycles. The third-order valence-corrected chi connectivity index (χ3v) is 6.66. The molecule has 1 aromatic heterocycles. The van der Waals surface area contributed by atoms with Gasteiger partial charge >= 0.3 is 0 Å². The van der Waals surface area contributed by atoms with Crippen LogP contribution in [0.5, 0.6) is 0 Å². The molecule has 1 saturated heterocycles. The Labute approximate surface area is 157 Å². The Kier molecular flexibility index (Phi) is 4.67. The largest absolute Gasteiger partial charge is 0.324 e. The van der Waals surface area contributed by atoms with Crippen molar-refractivity contribution >= 4 is 32.9 Å². The molecule has 8 heteroatoms. The molecule has 1 aliphatic rings. The van der Waals surface area contributed by atoms with E-state index in [9.17, 15) is 13.2 Å². The van der Waals surface area contributed by atoms with Gasteiger partial charge in [-0.15, -0.1) is 0 Å². The topological polar surface area (TPSA) is 95.2 Å². The fourth-order valence-electron chi connectivity index (χ4n) is 3.39. The molecule has 1 aliphatic heterocycles. The molecule has 1 fully saturated rings. The molecule has 0 saturated carbocycles. The van der Waals surface area contributed by atoms with E-state index in [1.165, 1.54) is 4.31 Å². The second-order valence-electron chi connectivity index (χ2n) is 6.53. The van der Waals surface area contributed by atoms with Crippen molar-refractivity contribution in [3.8, 4) is 0 Å². The summed E-state index contributed by atoms with van der Waals surface area (Å²) in [5.41, 5.74) is 1.55. The number of imidazole rings is 1. The van der Waals surface area contributed by atoms with Crippen LogP contribution in [0.3, 0.4) is 0 Å². The number of amides is 1. The van der Waals surface area contributed by atoms with E-state index < -0.39 is 16.1 Å². The molecule has 7 nitrogen and oxygen atoms in total. The van der Waals surface area contributed by atoms with Crippen molar-refractivity contribution in [2.45, 2.75) is 30.2 Å². The number of anilines is 1. The normalized spacial score (nSPS) is 18.4. The van der Waals surface area contributed by atoms with Gasteiger partial charge in [-0.2, -0.15) is 4.31 Å². The van der Waals surface area contributed by atoms with Gasteiger partial charge in [0, 0.05) is 6.54 Å². The maximum absolute atomic E-state index is 13.0. The minimum Gasteiger partial charge on any atom is -0.324 e. The smallest absolute Gasteiger partial charge is 0.245 e. The standard InChI is InChI=1S/C19H20N4O3S/c24-18(22-19-20-15-10-4-5-11-16(15)21-19)17-12-6-7-13-23(17)27(25,26)14-8-2-1-3-9-14/h1-5,8-11,17H,6-7,12-13H2,(H2,20,21,22,24)/t17-/m0/s1. The summed E-state index contributed by atoms with van der Waals surface area (Å²) in [6.45, 7) is 0.329. The van der Waals surface area contributed by atoms with Gasteiger partial charge in [-0.1, -0.05) is 36.8 Å². The fraction of sp³-hybridized carbons (Fsp3) is 0.263. The summed E-state index contributed by atoms with van der Waals surface area (Å²) in [6.07, 6.45) is 2.03. The van der Waals surface area contributed by atoms with E-state index in [4.69, 9.17) is 0 Å². The average molecular weight is 384 g/mol. The van der Waals surface area contributed by atoms with Crippen molar-refractivity contribution in [1.29, 1.82) is 0 Å². The van der Waals surface area contributed by atoms with Gasteiger partial charge in [0.15, 0.2) is 0 Å². The number of piperidine rings is 1. The van der Waals surface area contributed by atoms with Gasteiger partial charge in [0.2, 0.25) is 21.9 Å². The number of H-pyrrole nitrogens is 1. The molecular weight excluding hydrogens is 364 g/mol. The summed E-state index contributed by atoms with van der Waals surface area (Å²) in [6, 6.07) is 14.9. The van der Waals surface area contributed by atoms with Gasteiger partial charge in [-0.05, 0) is 37.1 Å². The second-order valence-corrected chi connectivity index (χ2v) is 8.42. The van der Waals surface area contributed by atoms with E-state index in [1.807, 2.05) is 24.3 Å². The molecule has 4 rings (SSSR count). The molecule has 2 N–H and O–H groups in total. The van der Waals surface area contributed by atoms with Gasteiger partial charge in [0.1, 0.15) is 6.04 Å². The maximum Gasteiger partial charge on any atom is 0.245 e. The molecule has 1 amide bonds. The van der Waals surface area contributed by atoms with Crippen molar-refractivity contribution in [1.82, 2.24) is 14.3 Å². The number of aromatic nitrogens is 2. The number of carbonyl (C=O) groups excluding carboxylic acids is 1. The van der Waals surface area contributed by atoms with Gasteiger partial charge in [0.25, 0.3) is 0 Å². The van der Waals surface area contributed by atoms with Crippen LogP contribution < -0.4 is 5.32 Å². The Morgan fingerprint density at radius 3 is 2.59 bits per heavy atom. The molecule has 27 heavy (non-hydrogen) atoms. The van der Waals surface area contributed by atoms with Crippen LogP contribution in [-0.4, -0.2) is 41.2 Å². The van der Waals surface area contributed by atoms with Crippen LogP contribution in [0.25, 0.3) is 11.0 Å². The highest BCUT2D eigenvalue weighted by molar-refractivity contribution is 7.89. The molecule has 0 radical (unpaired) electrons. The maximum atomic E-state index is 13.0. The summed E-state index contributed by atoms with van der Waals surface area (Å²) >= 11 is 0. The lowest BCUT2D eigenvalue weighted by atomic mass is 10.0. The lowest BCUT2D eigenvalue weighted by Gasteiger charge is -2.33. The van der Waals surface area contributed by atoms with Crippen LogP contribution in [0.4, 0.5) is 5.95 Å². The van der Waals surface area contributed by atoms with Gasteiger partial charge in [0.05, 0.1) is 15.9 Å². The number of aromatic amines is 1. The minimum absolute atomic E-state index is 0.202. The van der Waals surface area contributed by atoms with Gasteiger partial charge < -0.3 is 4.98 Å². The summed E-state index contributed by atoms with van der Waals surface area (Å²) in [5, 5.41) is 2.74. The molecule has 0 bridgehead atoms. The van der Waals surface area contributed by atoms with Crippen LogP contribution >= 0.6 is 0 Å². The predicted octanol–water partition coefficient (Wildman–Crippen LogP) is 2.74. The first-order valence-corrected chi connectivity index (χ1v) is 10.3. The molecule has 0 aliphatic carbocycles. The number of nitrogens with zero attached hydrogens (tertiary/aromatic N) is 2. The van der Waals surface area contributed by atoms with E-state index in [2.05, 4.69) is 15.3 Å². The van der Waals surface area contributed by atoms with Crippen LogP contribution in [0, 0.1) is 0 Å². The van der Waals surface area contributed by atoms with Crippen LogP contribution in [0.1, 0.15) is 19.3 Å². The number of fused-ring (bicyclic) bond motifs is 1. The second kappa shape index (κ2) is 7.13. The van der Waals surface area contributed by atoms with E-state index in [0.717, 1.165) is 23.9 Å². The molecular formula is C19H20N4O3S. The Morgan fingerprint density at radius 2 is 1.81 bits per heavy atom. The van der Waals surface area contributed by atoms with Crippen molar-refractivity contribution < 1.29 is 13.2 Å². The zero-order valence-corrected chi connectivity index (χ0v) is 15.4. The highest BCUT2D eigenvalue weighted by Gasteiger charge is 2.37. The summed E-state index contributed by atoms with van der Waals surface area (Å²) in [4.78, 5) is 20.4. The van der Waals surface area contributed by atoms with Gasteiger partial charge in [-0.3, -0.25) is 10.1 Å². The summed E-state index contributed by atoms with van der Waals surface area (Å²) in [7, 11) is -3.73. The average Bonchev–Trinajstić information content (AvgIpc) is 3.11. The number of benzene rings is 2. The Balaban J connectivity index is 1.59. The first-order valence-electron chi connectivity index (χ1n) is 8.88. The highest BCUT2D eigenvalue weighted by atomic mass is 32.2. The summed E-state index contributed by atoms with van der Waals surface area (Å²) in [5.74, 6) is -0.0444. The highest BCUT2D eigenvalue weighted by Crippen LogP contribution is 2.26. The Hall–Kier alpha value is -2.71. The number of nitrogens with one attached hydrogen (secondary N) is 2. The van der Waals surface area contributed by atoms with Crippen molar-refractivity contribution in [3.63, 3.8) is 0 Å². The molecule has 0 spiro atoms. The molecule has 3 aromatic rings. The first kappa shape index (κ1) is 17.7. The van der Waals surface area contributed by atoms with Crippen LogP contribution in [0.15, 0.2) is 59.5 Å². The fourth-order valence-corrected chi connectivity index (χ4v) is 5.07. The van der Waals surface area contributed by atoms with Gasteiger partial charge in [-0.25, -0.2) is 13.4 Å². The van der Waals surface area contributed by atoms with E-state index in [-0.39, 0.29) is 10.8 Å². The zero-order valence-electron chi connectivity index (χ0n) is 14.6. The SMILES string of the molecule is O=C(Nc1nc2ccccc2[nH]1)[C@@H]1CCCCN1S(=O)(=O)c1ccccc1. The number of hydrogen-bond acceptors (Lipinski definition) is 4. The van der Waals surface area contributed by atoms with Crippen LogP contribution in [0.2, 0.25) is 0 Å². The molecule has 0 unspecified atom stereocenters.